The number of carbonyl (C=O) groups excluding carboxylic acids is 1. The summed E-state index contributed by atoms with van der Waals surface area (Å²) in [6.45, 7) is 0.566. The van der Waals surface area contributed by atoms with Crippen LogP contribution >= 0.6 is 12.2 Å². The largest absolute Gasteiger partial charge is 0.389 e. The molecule has 1 amide bonds. The molecule has 0 spiro atoms. The van der Waals surface area contributed by atoms with Gasteiger partial charge in [-0.1, -0.05) is 54.7 Å². The third-order valence-corrected chi connectivity index (χ3v) is 3.24. The van der Waals surface area contributed by atoms with E-state index in [1.54, 1.807) is 36.2 Å². The van der Waals surface area contributed by atoms with Crippen molar-refractivity contribution in [2.45, 2.75) is 6.54 Å². The molecule has 0 saturated carbocycles. The molecule has 0 bridgehead atoms. The molecule has 2 aromatic rings. The van der Waals surface area contributed by atoms with E-state index < -0.39 is 0 Å². The zero-order valence-electron chi connectivity index (χ0n) is 11.2. The van der Waals surface area contributed by atoms with Crippen molar-refractivity contribution in [1.29, 1.82) is 0 Å². The average molecular weight is 284 g/mol. The third kappa shape index (κ3) is 3.42. The van der Waals surface area contributed by atoms with E-state index in [9.17, 15) is 4.79 Å². The van der Waals surface area contributed by atoms with Crippen LogP contribution in [0.3, 0.4) is 0 Å². The van der Waals surface area contributed by atoms with Crippen molar-refractivity contribution in [3.8, 4) is 0 Å². The summed E-state index contributed by atoms with van der Waals surface area (Å²) in [5.74, 6) is -0.0491. The molecule has 0 unspecified atom stereocenters. The Morgan fingerprint density at radius 3 is 2.40 bits per heavy atom. The van der Waals surface area contributed by atoms with Crippen LogP contribution in [0.25, 0.3) is 0 Å². The van der Waals surface area contributed by atoms with Gasteiger partial charge in [-0.15, -0.1) is 0 Å². The van der Waals surface area contributed by atoms with Gasteiger partial charge < -0.3 is 10.6 Å². The molecule has 0 aliphatic heterocycles. The molecule has 3 nitrogen and oxygen atoms in total. The van der Waals surface area contributed by atoms with Crippen LogP contribution in [0.5, 0.6) is 0 Å². The van der Waals surface area contributed by atoms with Gasteiger partial charge in [-0.05, 0) is 17.7 Å². The van der Waals surface area contributed by atoms with E-state index in [1.165, 1.54) is 0 Å². The highest BCUT2D eigenvalue weighted by Gasteiger charge is 2.12. The number of rotatable bonds is 4. The summed E-state index contributed by atoms with van der Waals surface area (Å²) in [5, 5.41) is 0. The smallest absolute Gasteiger partial charge is 0.253 e. The van der Waals surface area contributed by atoms with Gasteiger partial charge in [-0.25, -0.2) is 0 Å². The number of hydrogen-bond acceptors (Lipinski definition) is 2. The number of nitrogens with zero attached hydrogens (tertiary/aromatic N) is 1. The summed E-state index contributed by atoms with van der Waals surface area (Å²) in [7, 11) is 1.78. The van der Waals surface area contributed by atoms with E-state index in [0.717, 1.165) is 5.56 Å². The number of nitrogens with two attached hydrogens (primary N) is 1. The normalized spacial score (nSPS) is 10.1. The van der Waals surface area contributed by atoms with E-state index in [1.807, 2.05) is 30.3 Å². The van der Waals surface area contributed by atoms with Crippen molar-refractivity contribution >= 4 is 23.1 Å². The average Bonchev–Trinajstić information content (AvgIpc) is 2.47. The molecule has 102 valence electrons. The van der Waals surface area contributed by atoms with Crippen molar-refractivity contribution in [1.82, 2.24) is 4.90 Å². The molecule has 2 aromatic carbocycles. The van der Waals surface area contributed by atoms with Crippen LogP contribution in [-0.4, -0.2) is 22.8 Å². The first-order valence-corrected chi connectivity index (χ1v) is 6.68. The summed E-state index contributed by atoms with van der Waals surface area (Å²) < 4.78 is 0. The Balaban J connectivity index is 2.14. The molecule has 0 fully saturated rings. The fourth-order valence-electron chi connectivity index (χ4n) is 1.95. The molecule has 4 heteroatoms. The predicted molar refractivity (Wildman–Crippen MR) is 84.6 cm³/mol. The summed E-state index contributed by atoms with van der Waals surface area (Å²) in [5.41, 5.74) is 7.98. The van der Waals surface area contributed by atoms with Gasteiger partial charge in [0.1, 0.15) is 4.99 Å². The van der Waals surface area contributed by atoms with Gasteiger partial charge in [0, 0.05) is 24.7 Å². The standard InChI is InChI=1S/C16H16N2OS/c1-18(11-12-6-3-2-4-7-12)16(19)14-9-5-8-13(10-14)15(17)20/h2-10H,11H2,1H3,(H2,17,20). The zero-order chi connectivity index (χ0) is 14.5. The molecular formula is C16H16N2OS. The lowest BCUT2D eigenvalue weighted by atomic mass is 10.1. The number of hydrogen-bond donors (Lipinski definition) is 1. The van der Waals surface area contributed by atoms with Gasteiger partial charge in [0.2, 0.25) is 0 Å². The Hall–Kier alpha value is -2.20. The Morgan fingerprint density at radius 1 is 1.10 bits per heavy atom. The Bertz CT molecular complexity index is 625. The summed E-state index contributed by atoms with van der Waals surface area (Å²) >= 11 is 4.93. The molecule has 0 radical (unpaired) electrons. The number of thiocarbonyl (C=S) groups is 1. The number of carbonyl (C=O) groups is 1. The minimum absolute atomic E-state index is 0.0491. The quantitative estimate of drug-likeness (QED) is 0.878. The van der Waals surface area contributed by atoms with E-state index in [-0.39, 0.29) is 5.91 Å². The van der Waals surface area contributed by atoms with Crippen LogP contribution < -0.4 is 5.73 Å². The Kier molecular flexibility index (Phi) is 4.48. The third-order valence-electron chi connectivity index (χ3n) is 3.00. The lowest BCUT2D eigenvalue weighted by Gasteiger charge is -2.17. The van der Waals surface area contributed by atoms with E-state index in [4.69, 9.17) is 18.0 Å². The van der Waals surface area contributed by atoms with Crippen LogP contribution in [0.4, 0.5) is 0 Å². The Morgan fingerprint density at radius 2 is 1.75 bits per heavy atom. The number of benzene rings is 2. The van der Waals surface area contributed by atoms with Crippen molar-refractivity contribution in [3.63, 3.8) is 0 Å². The van der Waals surface area contributed by atoms with Gasteiger partial charge in [0.15, 0.2) is 0 Å². The van der Waals surface area contributed by atoms with Gasteiger partial charge in [0.25, 0.3) is 5.91 Å². The first kappa shape index (κ1) is 14.2. The van der Waals surface area contributed by atoms with Gasteiger partial charge in [-0.2, -0.15) is 0 Å². The molecule has 0 saturated heterocycles. The molecule has 0 aromatic heterocycles. The van der Waals surface area contributed by atoms with Gasteiger partial charge in [0.05, 0.1) is 0 Å². The minimum Gasteiger partial charge on any atom is -0.389 e. The van der Waals surface area contributed by atoms with Crippen LogP contribution in [0, 0.1) is 0 Å². The van der Waals surface area contributed by atoms with Crippen LogP contribution in [-0.2, 0) is 6.54 Å². The molecule has 2 N–H and O–H groups in total. The lowest BCUT2D eigenvalue weighted by molar-refractivity contribution is 0.0785. The van der Waals surface area contributed by atoms with Crippen molar-refractivity contribution < 1.29 is 4.79 Å². The fourth-order valence-corrected chi connectivity index (χ4v) is 2.08. The molecule has 0 aliphatic carbocycles. The first-order valence-electron chi connectivity index (χ1n) is 6.27. The highest BCUT2D eigenvalue weighted by atomic mass is 32.1. The lowest BCUT2D eigenvalue weighted by Crippen LogP contribution is -2.26. The summed E-state index contributed by atoms with van der Waals surface area (Å²) in [4.78, 5) is 14.3. The first-order chi connectivity index (χ1) is 9.58. The zero-order valence-corrected chi connectivity index (χ0v) is 12.1. The highest BCUT2D eigenvalue weighted by Crippen LogP contribution is 2.10. The van der Waals surface area contributed by atoms with Crippen LogP contribution in [0.1, 0.15) is 21.5 Å². The predicted octanol–water partition coefficient (Wildman–Crippen LogP) is 2.59. The Labute approximate surface area is 124 Å². The second-order valence-corrected chi connectivity index (χ2v) is 5.03. The maximum atomic E-state index is 12.4. The molecule has 20 heavy (non-hydrogen) atoms. The second kappa shape index (κ2) is 6.30. The van der Waals surface area contributed by atoms with Crippen molar-refractivity contribution in [2.24, 2.45) is 5.73 Å². The van der Waals surface area contributed by atoms with Crippen molar-refractivity contribution in [2.75, 3.05) is 7.05 Å². The van der Waals surface area contributed by atoms with Gasteiger partial charge in [-0.3, -0.25) is 4.79 Å². The molecule has 0 atom stereocenters. The number of amides is 1. The maximum absolute atomic E-state index is 12.4. The van der Waals surface area contributed by atoms with E-state index in [2.05, 4.69) is 0 Å². The summed E-state index contributed by atoms with van der Waals surface area (Å²) in [6, 6.07) is 17.0. The van der Waals surface area contributed by atoms with Crippen LogP contribution in [0.2, 0.25) is 0 Å². The SMILES string of the molecule is CN(Cc1ccccc1)C(=O)c1cccc(C(N)=S)c1. The maximum Gasteiger partial charge on any atom is 0.253 e. The van der Waals surface area contributed by atoms with Crippen molar-refractivity contribution in [3.05, 3.63) is 71.3 Å². The van der Waals surface area contributed by atoms with E-state index >= 15 is 0 Å². The summed E-state index contributed by atoms with van der Waals surface area (Å²) in [6.07, 6.45) is 0. The minimum atomic E-state index is -0.0491. The molecular weight excluding hydrogens is 268 g/mol. The molecule has 2 rings (SSSR count). The second-order valence-electron chi connectivity index (χ2n) is 4.59. The van der Waals surface area contributed by atoms with Crippen LogP contribution in [0.15, 0.2) is 54.6 Å². The van der Waals surface area contributed by atoms with Gasteiger partial charge >= 0.3 is 0 Å². The molecule has 0 heterocycles. The fraction of sp³-hybridized carbons (Fsp3) is 0.125. The monoisotopic (exact) mass is 284 g/mol. The topological polar surface area (TPSA) is 46.3 Å². The molecule has 0 aliphatic rings. The highest BCUT2D eigenvalue weighted by molar-refractivity contribution is 7.80. The van der Waals surface area contributed by atoms with E-state index in [0.29, 0.717) is 22.7 Å².